The Morgan fingerprint density at radius 3 is 3.00 bits per heavy atom. The van der Waals surface area contributed by atoms with Crippen molar-refractivity contribution < 1.29 is 4.39 Å². The van der Waals surface area contributed by atoms with E-state index in [4.69, 9.17) is 11.6 Å². The molecule has 2 rings (SSSR count). The van der Waals surface area contributed by atoms with E-state index in [1.165, 1.54) is 6.07 Å². The summed E-state index contributed by atoms with van der Waals surface area (Å²) in [6, 6.07) is 3.01. The number of H-pyrrole nitrogens is 1. The third-order valence-corrected chi connectivity index (χ3v) is 2.73. The molecule has 0 unspecified atom stereocenters. The van der Waals surface area contributed by atoms with Crippen LogP contribution in [0, 0.1) is 5.82 Å². The molecule has 1 aromatic heterocycles. The Hall–Kier alpha value is -0.610. The quantitative estimate of drug-likeness (QED) is 0.786. The van der Waals surface area contributed by atoms with Gasteiger partial charge in [0.15, 0.2) is 0 Å². The average molecular weight is 263 g/mol. The van der Waals surface area contributed by atoms with Gasteiger partial charge in [-0.2, -0.15) is 0 Å². The Morgan fingerprint density at radius 1 is 1.54 bits per heavy atom. The summed E-state index contributed by atoms with van der Waals surface area (Å²) >= 11 is 8.71. The van der Waals surface area contributed by atoms with Crippen LogP contribution in [0.4, 0.5) is 4.39 Å². The number of fused-ring (bicyclic) bond motifs is 1. The summed E-state index contributed by atoms with van der Waals surface area (Å²) in [5.41, 5.74) is 1.36. The molecule has 0 aliphatic rings. The van der Waals surface area contributed by atoms with Crippen molar-refractivity contribution in [2.45, 2.75) is 5.88 Å². The second-order valence-corrected chi connectivity index (χ2v) is 3.63. The van der Waals surface area contributed by atoms with E-state index < -0.39 is 0 Å². The SMILES string of the molecule is Fc1ccc2[nH]c(CCl)nc2c1Br. The Bertz CT molecular complexity index is 455. The molecule has 1 N–H and O–H groups in total. The number of hydrogen-bond donors (Lipinski definition) is 1. The van der Waals surface area contributed by atoms with Gasteiger partial charge in [0, 0.05) is 0 Å². The number of aromatic amines is 1. The molecule has 13 heavy (non-hydrogen) atoms. The number of nitrogens with zero attached hydrogens (tertiary/aromatic N) is 1. The molecule has 0 fully saturated rings. The number of hydrogen-bond acceptors (Lipinski definition) is 1. The molecule has 0 aliphatic carbocycles. The standard InChI is InChI=1S/C8H5BrClFN2/c9-7-4(11)1-2-5-8(7)13-6(3-10)12-5/h1-2H,3H2,(H,12,13). The van der Waals surface area contributed by atoms with Crippen molar-refractivity contribution in [2.24, 2.45) is 0 Å². The molecule has 1 aromatic carbocycles. The Labute approximate surface area is 87.2 Å². The van der Waals surface area contributed by atoms with E-state index in [-0.39, 0.29) is 5.82 Å². The first-order valence-corrected chi connectivity index (χ1v) is 4.93. The zero-order valence-electron chi connectivity index (χ0n) is 6.44. The van der Waals surface area contributed by atoms with Crippen LogP contribution in [0.15, 0.2) is 16.6 Å². The minimum absolute atomic E-state index is 0.294. The first kappa shape index (κ1) is 8.97. The highest BCUT2D eigenvalue weighted by atomic mass is 79.9. The molecule has 0 bridgehead atoms. The molecule has 5 heteroatoms. The highest BCUT2D eigenvalue weighted by Crippen LogP contribution is 2.25. The molecule has 0 aliphatic heterocycles. The van der Waals surface area contributed by atoms with Crippen molar-refractivity contribution in [1.82, 2.24) is 9.97 Å². The molecule has 0 atom stereocenters. The lowest BCUT2D eigenvalue weighted by Gasteiger charge is -1.92. The predicted octanol–water partition coefficient (Wildman–Crippen LogP) is 3.20. The van der Waals surface area contributed by atoms with E-state index in [1.54, 1.807) is 6.07 Å². The summed E-state index contributed by atoms with van der Waals surface area (Å²) in [6.45, 7) is 0. The maximum Gasteiger partial charge on any atom is 0.139 e. The van der Waals surface area contributed by atoms with Crippen LogP contribution < -0.4 is 0 Å². The largest absolute Gasteiger partial charge is 0.341 e. The number of alkyl halides is 1. The van der Waals surface area contributed by atoms with Crippen LogP contribution in [0.2, 0.25) is 0 Å². The first-order chi connectivity index (χ1) is 6.22. The van der Waals surface area contributed by atoms with E-state index in [9.17, 15) is 4.39 Å². The normalized spacial score (nSPS) is 11.0. The lowest BCUT2D eigenvalue weighted by molar-refractivity contribution is 0.623. The second-order valence-electron chi connectivity index (χ2n) is 2.57. The smallest absolute Gasteiger partial charge is 0.139 e. The molecule has 2 nitrogen and oxygen atoms in total. The highest BCUT2D eigenvalue weighted by Gasteiger charge is 2.08. The minimum Gasteiger partial charge on any atom is -0.341 e. The lowest BCUT2D eigenvalue weighted by atomic mass is 10.3. The molecule has 2 aromatic rings. The number of nitrogens with one attached hydrogen (secondary N) is 1. The molecule has 0 saturated carbocycles. The van der Waals surface area contributed by atoms with E-state index in [0.29, 0.717) is 21.7 Å². The maximum atomic E-state index is 13.0. The number of aromatic nitrogens is 2. The van der Waals surface area contributed by atoms with E-state index in [1.807, 2.05) is 0 Å². The predicted molar refractivity (Wildman–Crippen MR) is 53.3 cm³/mol. The summed E-state index contributed by atoms with van der Waals surface area (Å²) in [5, 5.41) is 0. The fraction of sp³-hybridized carbons (Fsp3) is 0.125. The van der Waals surface area contributed by atoms with Crippen LogP contribution in [0.5, 0.6) is 0 Å². The van der Waals surface area contributed by atoms with E-state index >= 15 is 0 Å². The van der Waals surface area contributed by atoms with Gasteiger partial charge in [0.25, 0.3) is 0 Å². The van der Waals surface area contributed by atoms with Crippen molar-refractivity contribution in [3.05, 3.63) is 28.2 Å². The molecular formula is C8H5BrClFN2. The first-order valence-electron chi connectivity index (χ1n) is 3.61. The Kier molecular flexibility index (Phi) is 2.26. The van der Waals surface area contributed by atoms with Gasteiger partial charge in [-0.05, 0) is 28.1 Å². The van der Waals surface area contributed by atoms with Crippen molar-refractivity contribution >= 4 is 38.6 Å². The van der Waals surface area contributed by atoms with Crippen molar-refractivity contribution in [3.8, 4) is 0 Å². The summed E-state index contributed by atoms with van der Waals surface area (Å²) in [5.74, 6) is 0.617. The van der Waals surface area contributed by atoms with Gasteiger partial charge in [-0.1, -0.05) is 0 Å². The van der Waals surface area contributed by atoms with Gasteiger partial charge in [-0.3, -0.25) is 0 Å². The van der Waals surface area contributed by atoms with Crippen LogP contribution in [0.25, 0.3) is 11.0 Å². The van der Waals surface area contributed by atoms with E-state index in [0.717, 1.165) is 5.52 Å². The fourth-order valence-corrected chi connectivity index (χ4v) is 1.69. The van der Waals surface area contributed by atoms with Crippen molar-refractivity contribution in [2.75, 3.05) is 0 Å². The van der Waals surface area contributed by atoms with Gasteiger partial charge in [0.1, 0.15) is 17.2 Å². The number of rotatable bonds is 1. The zero-order chi connectivity index (χ0) is 9.42. The molecule has 0 amide bonds. The van der Waals surface area contributed by atoms with Gasteiger partial charge in [0.05, 0.1) is 15.9 Å². The summed E-state index contributed by atoms with van der Waals surface area (Å²) in [7, 11) is 0. The number of halogens is 3. The minimum atomic E-state index is -0.319. The van der Waals surface area contributed by atoms with Crippen molar-refractivity contribution in [1.29, 1.82) is 0 Å². The molecule has 0 spiro atoms. The molecular weight excluding hydrogens is 258 g/mol. The van der Waals surface area contributed by atoms with Crippen LogP contribution in [-0.4, -0.2) is 9.97 Å². The molecule has 68 valence electrons. The van der Waals surface area contributed by atoms with Crippen molar-refractivity contribution in [3.63, 3.8) is 0 Å². The third kappa shape index (κ3) is 1.44. The lowest BCUT2D eigenvalue weighted by Crippen LogP contribution is -1.79. The molecule has 1 heterocycles. The van der Waals surface area contributed by atoms with Gasteiger partial charge in [-0.15, -0.1) is 11.6 Å². The summed E-state index contributed by atoms with van der Waals surface area (Å²) in [6.07, 6.45) is 0. The average Bonchev–Trinajstić information content (AvgIpc) is 2.55. The topological polar surface area (TPSA) is 28.7 Å². The monoisotopic (exact) mass is 262 g/mol. The summed E-state index contributed by atoms with van der Waals surface area (Å²) in [4.78, 5) is 7.09. The van der Waals surface area contributed by atoms with Gasteiger partial charge in [-0.25, -0.2) is 9.37 Å². The van der Waals surface area contributed by atoms with Crippen LogP contribution in [0.1, 0.15) is 5.82 Å². The Balaban J connectivity index is 2.76. The number of imidazole rings is 1. The van der Waals surface area contributed by atoms with Crippen LogP contribution >= 0.6 is 27.5 Å². The van der Waals surface area contributed by atoms with Crippen LogP contribution in [0.3, 0.4) is 0 Å². The van der Waals surface area contributed by atoms with E-state index in [2.05, 4.69) is 25.9 Å². The molecule has 0 saturated heterocycles. The van der Waals surface area contributed by atoms with Crippen LogP contribution in [-0.2, 0) is 5.88 Å². The fourth-order valence-electron chi connectivity index (χ4n) is 1.13. The third-order valence-electron chi connectivity index (χ3n) is 1.72. The van der Waals surface area contributed by atoms with Gasteiger partial charge < -0.3 is 4.98 Å². The number of benzene rings is 1. The molecule has 0 radical (unpaired) electrons. The Morgan fingerprint density at radius 2 is 2.31 bits per heavy atom. The summed E-state index contributed by atoms with van der Waals surface area (Å²) < 4.78 is 13.4. The van der Waals surface area contributed by atoms with Gasteiger partial charge in [0.2, 0.25) is 0 Å². The zero-order valence-corrected chi connectivity index (χ0v) is 8.78. The second kappa shape index (κ2) is 3.27. The maximum absolute atomic E-state index is 13.0. The van der Waals surface area contributed by atoms with Gasteiger partial charge >= 0.3 is 0 Å². The highest BCUT2D eigenvalue weighted by molar-refractivity contribution is 9.10.